The molecule has 0 radical (unpaired) electrons. The SMILES string of the molecule is Cc1csc(C2CN(CC(=O)N3CCN(Cc4ccsc4)CC3)CCO2)n1. The van der Waals surface area contributed by atoms with Crippen LogP contribution < -0.4 is 0 Å². The maximum absolute atomic E-state index is 12.8. The molecule has 0 aromatic carbocycles. The predicted molar refractivity (Wildman–Crippen MR) is 108 cm³/mol. The summed E-state index contributed by atoms with van der Waals surface area (Å²) in [6.45, 7) is 9.23. The van der Waals surface area contributed by atoms with E-state index in [1.165, 1.54) is 5.56 Å². The number of piperazine rings is 1. The van der Waals surface area contributed by atoms with E-state index < -0.39 is 0 Å². The summed E-state index contributed by atoms with van der Waals surface area (Å²) in [6, 6.07) is 2.18. The van der Waals surface area contributed by atoms with E-state index in [4.69, 9.17) is 4.74 Å². The van der Waals surface area contributed by atoms with Crippen molar-refractivity contribution < 1.29 is 9.53 Å². The number of aryl methyl sites for hydroxylation is 1. The van der Waals surface area contributed by atoms with E-state index in [0.717, 1.165) is 56.5 Å². The lowest BCUT2D eigenvalue weighted by Gasteiger charge is -2.37. The van der Waals surface area contributed by atoms with Crippen LogP contribution >= 0.6 is 22.7 Å². The number of carbonyl (C=O) groups is 1. The molecule has 0 saturated carbocycles. The van der Waals surface area contributed by atoms with Gasteiger partial charge in [-0.2, -0.15) is 11.3 Å². The first-order chi connectivity index (χ1) is 13.2. The molecular formula is C19H26N4O2S2. The average molecular weight is 407 g/mol. The number of amides is 1. The van der Waals surface area contributed by atoms with Crippen molar-refractivity contribution in [1.29, 1.82) is 0 Å². The van der Waals surface area contributed by atoms with Gasteiger partial charge in [0.2, 0.25) is 5.91 Å². The number of carbonyl (C=O) groups excluding carboxylic acids is 1. The molecule has 2 saturated heterocycles. The van der Waals surface area contributed by atoms with Crippen molar-refractivity contribution >= 4 is 28.6 Å². The fourth-order valence-electron chi connectivity index (χ4n) is 3.60. The Kier molecular flexibility index (Phi) is 6.19. The second kappa shape index (κ2) is 8.79. The topological polar surface area (TPSA) is 48.9 Å². The Morgan fingerprint density at radius 2 is 2.07 bits per heavy atom. The van der Waals surface area contributed by atoms with E-state index in [-0.39, 0.29) is 12.0 Å². The van der Waals surface area contributed by atoms with Crippen LogP contribution in [0.1, 0.15) is 22.4 Å². The highest BCUT2D eigenvalue weighted by atomic mass is 32.1. The summed E-state index contributed by atoms with van der Waals surface area (Å²) in [6.07, 6.45) is -0.00675. The maximum atomic E-state index is 12.8. The Bertz CT molecular complexity index is 741. The molecule has 1 unspecified atom stereocenters. The molecule has 4 heterocycles. The van der Waals surface area contributed by atoms with Gasteiger partial charge < -0.3 is 9.64 Å². The zero-order valence-electron chi connectivity index (χ0n) is 15.7. The van der Waals surface area contributed by atoms with Crippen LogP contribution in [0.5, 0.6) is 0 Å². The maximum Gasteiger partial charge on any atom is 0.236 e. The Hall–Kier alpha value is -1.32. The lowest BCUT2D eigenvalue weighted by molar-refractivity contribution is -0.136. The number of nitrogens with zero attached hydrogens (tertiary/aromatic N) is 4. The Labute approximate surface area is 168 Å². The summed E-state index contributed by atoms with van der Waals surface area (Å²) in [5, 5.41) is 7.40. The van der Waals surface area contributed by atoms with Gasteiger partial charge in [0.05, 0.1) is 13.2 Å². The molecule has 2 aliphatic heterocycles. The van der Waals surface area contributed by atoms with Crippen LogP contribution in [0, 0.1) is 6.92 Å². The van der Waals surface area contributed by atoms with Crippen LogP contribution in [0.3, 0.4) is 0 Å². The first-order valence-electron chi connectivity index (χ1n) is 9.44. The molecule has 27 heavy (non-hydrogen) atoms. The van der Waals surface area contributed by atoms with E-state index in [1.54, 1.807) is 22.7 Å². The number of thiazole rings is 1. The standard InChI is InChI=1S/C19H26N4O2S2/c1-15-13-27-19(20-15)17-11-22(7-8-25-17)12-18(24)23-5-3-21(4-6-23)10-16-2-9-26-14-16/h2,9,13-14,17H,3-8,10-12H2,1H3. The molecule has 6 nitrogen and oxygen atoms in total. The number of aromatic nitrogens is 1. The largest absolute Gasteiger partial charge is 0.368 e. The van der Waals surface area contributed by atoms with Crippen LogP contribution in [-0.2, 0) is 16.1 Å². The van der Waals surface area contributed by atoms with Crippen molar-refractivity contribution in [3.05, 3.63) is 38.5 Å². The van der Waals surface area contributed by atoms with Crippen molar-refractivity contribution in [3.8, 4) is 0 Å². The lowest BCUT2D eigenvalue weighted by atomic mass is 10.2. The fourth-order valence-corrected chi connectivity index (χ4v) is 5.10. The summed E-state index contributed by atoms with van der Waals surface area (Å²) in [7, 11) is 0. The third kappa shape index (κ3) is 4.94. The van der Waals surface area contributed by atoms with Crippen molar-refractivity contribution in [2.24, 2.45) is 0 Å². The number of rotatable bonds is 5. The minimum absolute atomic E-state index is 0.00675. The minimum atomic E-state index is -0.00675. The van der Waals surface area contributed by atoms with Crippen LogP contribution in [0.15, 0.2) is 22.2 Å². The van der Waals surface area contributed by atoms with E-state index in [2.05, 4.69) is 37.0 Å². The Balaban J connectivity index is 1.24. The van der Waals surface area contributed by atoms with E-state index >= 15 is 0 Å². The monoisotopic (exact) mass is 406 g/mol. The third-order valence-electron chi connectivity index (χ3n) is 5.13. The Morgan fingerprint density at radius 1 is 1.22 bits per heavy atom. The van der Waals surface area contributed by atoms with Gasteiger partial charge in [-0.15, -0.1) is 11.3 Å². The highest BCUT2D eigenvalue weighted by Crippen LogP contribution is 2.25. The smallest absolute Gasteiger partial charge is 0.236 e. The molecule has 8 heteroatoms. The van der Waals surface area contributed by atoms with Gasteiger partial charge >= 0.3 is 0 Å². The molecule has 0 bridgehead atoms. The summed E-state index contributed by atoms with van der Waals surface area (Å²) in [5.74, 6) is 0.237. The van der Waals surface area contributed by atoms with Gasteiger partial charge in [-0.05, 0) is 29.3 Å². The first kappa shape index (κ1) is 19.0. The summed E-state index contributed by atoms with van der Waals surface area (Å²) < 4.78 is 5.87. The second-order valence-electron chi connectivity index (χ2n) is 7.21. The van der Waals surface area contributed by atoms with Crippen molar-refractivity contribution in [2.45, 2.75) is 19.6 Å². The molecule has 2 fully saturated rings. The van der Waals surface area contributed by atoms with Gasteiger partial charge in [-0.1, -0.05) is 0 Å². The number of hydrogen-bond donors (Lipinski definition) is 0. The molecule has 2 aromatic rings. The van der Waals surface area contributed by atoms with Crippen molar-refractivity contribution in [1.82, 2.24) is 19.7 Å². The van der Waals surface area contributed by atoms with E-state index in [9.17, 15) is 4.79 Å². The zero-order chi connectivity index (χ0) is 18.6. The summed E-state index contributed by atoms with van der Waals surface area (Å²) >= 11 is 3.39. The minimum Gasteiger partial charge on any atom is -0.368 e. The van der Waals surface area contributed by atoms with E-state index in [0.29, 0.717) is 13.2 Å². The first-order valence-corrected chi connectivity index (χ1v) is 11.3. The molecule has 0 aliphatic carbocycles. The number of morpholine rings is 1. The number of thiophene rings is 1. The van der Waals surface area contributed by atoms with Crippen LogP contribution in [0.2, 0.25) is 0 Å². The highest BCUT2D eigenvalue weighted by Gasteiger charge is 2.28. The highest BCUT2D eigenvalue weighted by molar-refractivity contribution is 7.09. The normalized spacial score (nSPS) is 22.3. The van der Waals surface area contributed by atoms with Gasteiger partial charge in [-0.3, -0.25) is 14.6 Å². The second-order valence-corrected chi connectivity index (χ2v) is 8.88. The van der Waals surface area contributed by atoms with Crippen LogP contribution in [-0.4, -0.2) is 78.0 Å². The van der Waals surface area contributed by atoms with Crippen molar-refractivity contribution in [3.63, 3.8) is 0 Å². The molecule has 0 spiro atoms. The van der Waals surface area contributed by atoms with Crippen LogP contribution in [0.25, 0.3) is 0 Å². The molecule has 1 atom stereocenters. The fraction of sp³-hybridized carbons (Fsp3) is 0.579. The van der Waals surface area contributed by atoms with Gasteiger partial charge in [-0.25, -0.2) is 4.98 Å². The predicted octanol–water partition coefficient (Wildman–Crippen LogP) is 2.23. The zero-order valence-corrected chi connectivity index (χ0v) is 17.3. The molecule has 0 N–H and O–H groups in total. The molecule has 2 aromatic heterocycles. The molecule has 146 valence electrons. The van der Waals surface area contributed by atoms with Crippen molar-refractivity contribution in [2.75, 3.05) is 52.4 Å². The summed E-state index contributed by atoms with van der Waals surface area (Å²) in [5.41, 5.74) is 2.41. The number of ether oxygens (including phenoxy) is 1. The van der Waals surface area contributed by atoms with Gasteiger partial charge in [0.15, 0.2) is 0 Å². The van der Waals surface area contributed by atoms with Gasteiger partial charge in [0.1, 0.15) is 11.1 Å². The third-order valence-corrected chi connectivity index (χ3v) is 6.92. The molecular weight excluding hydrogens is 380 g/mol. The van der Waals surface area contributed by atoms with Gasteiger partial charge in [0, 0.05) is 56.9 Å². The van der Waals surface area contributed by atoms with Crippen LogP contribution in [0.4, 0.5) is 0 Å². The molecule has 2 aliphatic rings. The molecule has 4 rings (SSSR count). The van der Waals surface area contributed by atoms with E-state index in [1.807, 2.05) is 11.8 Å². The lowest BCUT2D eigenvalue weighted by Crippen LogP contribution is -2.52. The average Bonchev–Trinajstić information content (AvgIpc) is 3.34. The number of hydrogen-bond acceptors (Lipinski definition) is 7. The van der Waals surface area contributed by atoms with Gasteiger partial charge in [0.25, 0.3) is 0 Å². The molecule has 1 amide bonds. The Morgan fingerprint density at radius 3 is 2.78 bits per heavy atom. The quantitative estimate of drug-likeness (QED) is 0.762. The summed E-state index contributed by atoms with van der Waals surface area (Å²) in [4.78, 5) is 24.0.